The molecule has 4 heteroatoms. The third kappa shape index (κ3) is 4.44. The summed E-state index contributed by atoms with van der Waals surface area (Å²) in [6, 6.07) is 13.7. The van der Waals surface area contributed by atoms with E-state index in [0.29, 0.717) is 6.54 Å². The number of benzene rings is 2. The third-order valence-corrected chi connectivity index (χ3v) is 4.22. The molecular formula is C20H24N2O2. The molecule has 2 aromatic rings. The summed E-state index contributed by atoms with van der Waals surface area (Å²) < 4.78 is 0. The first-order valence-electron chi connectivity index (χ1n) is 8.05. The first-order valence-corrected chi connectivity index (χ1v) is 8.05. The Kier molecular flexibility index (Phi) is 5.74. The van der Waals surface area contributed by atoms with Crippen molar-refractivity contribution in [2.45, 2.75) is 34.2 Å². The minimum atomic E-state index is -0.174. The van der Waals surface area contributed by atoms with Gasteiger partial charge in [0.25, 0.3) is 0 Å². The molecule has 0 unspecified atom stereocenters. The van der Waals surface area contributed by atoms with Crippen molar-refractivity contribution < 1.29 is 9.59 Å². The minimum Gasteiger partial charge on any atom is -0.350 e. The van der Waals surface area contributed by atoms with Gasteiger partial charge in [-0.2, -0.15) is 0 Å². The van der Waals surface area contributed by atoms with Gasteiger partial charge in [0.15, 0.2) is 0 Å². The van der Waals surface area contributed by atoms with Crippen LogP contribution in [0.2, 0.25) is 0 Å². The maximum absolute atomic E-state index is 12.3. The Morgan fingerprint density at radius 2 is 1.67 bits per heavy atom. The van der Waals surface area contributed by atoms with Gasteiger partial charge in [-0.05, 0) is 55.2 Å². The van der Waals surface area contributed by atoms with Crippen molar-refractivity contribution in [3.8, 4) is 0 Å². The fraction of sp³-hybridized carbons (Fsp3) is 0.300. The van der Waals surface area contributed by atoms with E-state index in [1.54, 1.807) is 0 Å². The predicted octanol–water partition coefficient (Wildman–Crippen LogP) is 3.28. The summed E-state index contributed by atoms with van der Waals surface area (Å²) in [5, 5.41) is 2.89. The second kappa shape index (κ2) is 7.77. The van der Waals surface area contributed by atoms with E-state index in [2.05, 4.69) is 5.32 Å². The lowest BCUT2D eigenvalue weighted by Gasteiger charge is -2.21. The van der Waals surface area contributed by atoms with Crippen LogP contribution in [-0.2, 0) is 16.1 Å². The van der Waals surface area contributed by atoms with Gasteiger partial charge in [-0.1, -0.05) is 30.3 Å². The van der Waals surface area contributed by atoms with Crippen molar-refractivity contribution in [2.24, 2.45) is 0 Å². The van der Waals surface area contributed by atoms with E-state index in [9.17, 15) is 9.59 Å². The summed E-state index contributed by atoms with van der Waals surface area (Å²) in [6.45, 7) is 7.98. The van der Waals surface area contributed by atoms with Crippen LogP contribution in [0, 0.1) is 20.8 Å². The normalized spacial score (nSPS) is 10.3. The fourth-order valence-electron chi connectivity index (χ4n) is 2.48. The highest BCUT2D eigenvalue weighted by Crippen LogP contribution is 2.19. The molecule has 0 heterocycles. The van der Waals surface area contributed by atoms with Crippen LogP contribution in [0.4, 0.5) is 5.69 Å². The van der Waals surface area contributed by atoms with E-state index in [1.165, 1.54) is 11.8 Å². The number of rotatable bonds is 5. The first kappa shape index (κ1) is 17.7. The van der Waals surface area contributed by atoms with E-state index in [-0.39, 0.29) is 18.4 Å². The summed E-state index contributed by atoms with van der Waals surface area (Å²) >= 11 is 0. The summed E-state index contributed by atoms with van der Waals surface area (Å²) in [5.41, 5.74) is 5.21. The van der Waals surface area contributed by atoms with Crippen LogP contribution in [0.25, 0.3) is 0 Å². The molecule has 0 radical (unpaired) electrons. The van der Waals surface area contributed by atoms with Crippen molar-refractivity contribution in [1.82, 2.24) is 5.32 Å². The zero-order chi connectivity index (χ0) is 17.7. The third-order valence-electron chi connectivity index (χ3n) is 4.22. The molecule has 0 fully saturated rings. The topological polar surface area (TPSA) is 49.4 Å². The van der Waals surface area contributed by atoms with Gasteiger partial charge in [0.1, 0.15) is 6.54 Å². The molecule has 0 aromatic heterocycles. The maximum atomic E-state index is 12.3. The van der Waals surface area contributed by atoms with Crippen LogP contribution in [0.3, 0.4) is 0 Å². The minimum absolute atomic E-state index is 0.0176. The van der Waals surface area contributed by atoms with E-state index < -0.39 is 0 Å². The molecule has 1 N–H and O–H groups in total. The van der Waals surface area contributed by atoms with Gasteiger partial charge in [0, 0.05) is 19.2 Å². The highest BCUT2D eigenvalue weighted by Gasteiger charge is 2.16. The first-order chi connectivity index (χ1) is 11.4. The molecule has 2 aromatic carbocycles. The van der Waals surface area contributed by atoms with Gasteiger partial charge in [-0.3, -0.25) is 9.59 Å². The molecule has 24 heavy (non-hydrogen) atoms. The molecule has 2 rings (SSSR count). The average Bonchev–Trinajstić information content (AvgIpc) is 2.54. The molecule has 4 nitrogen and oxygen atoms in total. The second-order valence-electron chi connectivity index (χ2n) is 6.08. The lowest BCUT2D eigenvalue weighted by Crippen LogP contribution is -2.39. The summed E-state index contributed by atoms with van der Waals surface area (Å²) in [5.74, 6) is -0.323. The maximum Gasteiger partial charge on any atom is 0.240 e. The van der Waals surface area contributed by atoms with Crippen LogP contribution in [0.5, 0.6) is 0 Å². The lowest BCUT2D eigenvalue weighted by atomic mass is 10.1. The second-order valence-corrected chi connectivity index (χ2v) is 6.08. The van der Waals surface area contributed by atoms with E-state index >= 15 is 0 Å². The Hall–Kier alpha value is -2.62. The van der Waals surface area contributed by atoms with Crippen molar-refractivity contribution >= 4 is 17.5 Å². The van der Waals surface area contributed by atoms with Crippen LogP contribution in [0.1, 0.15) is 29.2 Å². The van der Waals surface area contributed by atoms with Crippen LogP contribution in [-0.4, -0.2) is 18.4 Å². The quantitative estimate of drug-likeness (QED) is 0.917. The van der Waals surface area contributed by atoms with E-state index in [0.717, 1.165) is 27.9 Å². The molecule has 0 aliphatic heterocycles. The number of nitrogens with one attached hydrogen (secondary N) is 1. The van der Waals surface area contributed by atoms with E-state index in [4.69, 9.17) is 0 Å². The fourth-order valence-corrected chi connectivity index (χ4v) is 2.48. The number of hydrogen-bond acceptors (Lipinski definition) is 2. The van der Waals surface area contributed by atoms with Crippen molar-refractivity contribution in [3.05, 3.63) is 64.7 Å². The van der Waals surface area contributed by atoms with Gasteiger partial charge >= 0.3 is 0 Å². The predicted molar refractivity (Wildman–Crippen MR) is 97.0 cm³/mol. The summed E-state index contributed by atoms with van der Waals surface area (Å²) in [7, 11) is 0. The number of amides is 2. The standard InChI is InChI=1S/C20H24N2O2/c1-14-9-10-19(11-16(14)3)22(17(4)23)13-20(24)21-12-18-8-6-5-7-15(18)2/h5-11H,12-13H2,1-4H3,(H,21,24). The molecule has 0 spiro atoms. The molecule has 2 amide bonds. The highest BCUT2D eigenvalue weighted by molar-refractivity contribution is 5.97. The Morgan fingerprint density at radius 1 is 0.958 bits per heavy atom. The average molecular weight is 324 g/mol. The van der Waals surface area contributed by atoms with Crippen LogP contribution < -0.4 is 10.2 Å². The number of hydrogen-bond donors (Lipinski definition) is 1. The molecule has 0 atom stereocenters. The number of carbonyl (C=O) groups is 2. The smallest absolute Gasteiger partial charge is 0.240 e. The van der Waals surface area contributed by atoms with Crippen molar-refractivity contribution in [2.75, 3.05) is 11.4 Å². The summed E-state index contributed by atoms with van der Waals surface area (Å²) in [4.78, 5) is 25.7. The van der Waals surface area contributed by atoms with Gasteiger partial charge in [-0.15, -0.1) is 0 Å². The van der Waals surface area contributed by atoms with Crippen molar-refractivity contribution in [1.29, 1.82) is 0 Å². The Bertz CT molecular complexity index is 753. The zero-order valence-electron chi connectivity index (χ0n) is 14.7. The molecule has 126 valence electrons. The number of anilines is 1. The molecule has 0 saturated carbocycles. The van der Waals surface area contributed by atoms with Gasteiger partial charge < -0.3 is 10.2 Å². The van der Waals surface area contributed by atoms with Crippen molar-refractivity contribution in [3.63, 3.8) is 0 Å². The van der Waals surface area contributed by atoms with Crippen LogP contribution >= 0.6 is 0 Å². The summed E-state index contributed by atoms with van der Waals surface area (Å²) in [6.07, 6.45) is 0. The number of carbonyl (C=O) groups excluding carboxylic acids is 2. The number of nitrogens with zero attached hydrogens (tertiary/aromatic N) is 1. The lowest BCUT2D eigenvalue weighted by molar-refractivity contribution is -0.123. The molecule has 0 aliphatic carbocycles. The highest BCUT2D eigenvalue weighted by atomic mass is 16.2. The van der Waals surface area contributed by atoms with Gasteiger partial charge in [0.05, 0.1) is 0 Å². The monoisotopic (exact) mass is 324 g/mol. The largest absolute Gasteiger partial charge is 0.350 e. The Morgan fingerprint density at radius 3 is 2.29 bits per heavy atom. The molecule has 0 aliphatic rings. The molecular weight excluding hydrogens is 300 g/mol. The van der Waals surface area contributed by atoms with Crippen LogP contribution in [0.15, 0.2) is 42.5 Å². The SMILES string of the molecule is CC(=O)N(CC(=O)NCc1ccccc1C)c1ccc(C)c(C)c1. The van der Waals surface area contributed by atoms with Gasteiger partial charge in [-0.25, -0.2) is 0 Å². The van der Waals surface area contributed by atoms with Gasteiger partial charge in [0.2, 0.25) is 11.8 Å². The Balaban J connectivity index is 2.05. The van der Waals surface area contributed by atoms with E-state index in [1.807, 2.05) is 63.2 Å². The number of aryl methyl sites for hydroxylation is 3. The molecule has 0 saturated heterocycles. The zero-order valence-corrected chi connectivity index (χ0v) is 14.7. The molecule has 0 bridgehead atoms. The Labute approximate surface area is 143 Å².